The number of nitrogens with one attached hydrogen (secondary N) is 2. The van der Waals surface area contributed by atoms with E-state index in [-0.39, 0.29) is 17.7 Å². The van der Waals surface area contributed by atoms with E-state index in [1.54, 1.807) is 0 Å². The van der Waals surface area contributed by atoms with Gasteiger partial charge in [0, 0.05) is 18.2 Å². The van der Waals surface area contributed by atoms with Crippen LogP contribution in [0.5, 0.6) is 5.75 Å². The summed E-state index contributed by atoms with van der Waals surface area (Å²) in [4.78, 5) is 12.1. The molecule has 2 rings (SSSR count). The van der Waals surface area contributed by atoms with Crippen LogP contribution in [0.2, 0.25) is 0 Å². The summed E-state index contributed by atoms with van der Waals surface area (Å²) in [5.41, 5.74) is 0.413. The van der Waals surface area contributed by atoms with Crippen molar-refractivity contribution < 1.29 is 13.9 Å². The lowest BCUT2D eigenvalue weighted by Gasteiger charge is -2.28. The van der Waals surface area contributed by atoms with E-state index in [4.69, 9.17) is 4.74 Å². The molecular formula is C14H19FN2O2. The number of halogens is 1. The predicted octanol–water partition coefficient (Wildman–Crippen LogP) is 1.56. The number of hydrogen-bond donors (Lipinski definition) is 2. The first-order valence-corrected chi connectivity index (χ1v) is 6.45. The number of methoxy groups -OCH3 is 1. The van der Waals surface area contributed by atoms with Crippen LogP contribution in [0.3, 0.4) is 0 Å². The second kappa shape index (κ2) is 6.02. The molecule has 0 saturated carbocycles. The highest BCUT2D eigenvalue weighted by molar-refractivity contribution is 5.94. The van der Waals surface area contributed by atoms with Crippen LogP contribution in [0.15, 0.2) is 18.2 Å². The minimum atomic E-state index is -0.466. The number of carbonyl (C=O) groups is 1. The highest BCUT2D eigenvalue weighted by Crippen LogP contribution is 2.18. The van der Waals surface area contributed by atoms with Gasteiger partial charge in [0.15, 0.2) is 11.6 Å². The molecule has 19 heavy (non-hydrogen) atoms. The van der Waals surface area contributed by atoms with E-state index in [0.717, 1.165) is 19.5 Å². The van der Waals surface area contributed by atoms with Crippen LogP contribution in [-0.4, -0.2) is 32.1 Å². The molecule has 4 nitrogen and oxygen atoms in total. The lowest BCUT2D eigenvalue weighted by atomic mass is 9.97. The Morgan fingerprint density at radius 1 is 1.47 bits per heavy atom. The SMILES string of the molecule is COc1cc(C(=O)NC2CNCC(C)C2)ccc1F. The van der Waals surface area contributed by atoms with Gasteiger partial charge in [0.1, 0.15) is 0 Å². The van der Waals surface area contributed by atoms with Crippen molar-refractivity contribution in [2.75, 3.05) is 20.2 Å². The van der Waals surface area contributed by atoms with Crippen molar-refractivity contribution in [3.8, 4) is 5.75 Å². The maximum atomic E-state index is 13.3. The zero-order valence-corrected chi connectivity index (χ0v) is 11.2. The average molecular weight is 266 g/mol. The molecule has 1 aromatic carbocycles. The van der Waals surface area contributed by atoms with E-state index in [0.29, 0.717) is 11.5 Å². The van der Waals surface area contributed by atoms with Crippen LogP contribution in [0.4, 0.5) is 4.39 Å². The minimum absolute atomic E-state index is 0.0859. The molecule has 0 aromatic heterocycles. The normalized spacial score (nSPS) is 22.9. The fourth-order valence-electron chi connectivity index (χ4n) is 2.34. The Hall–Kier alpha value is -1.62. The summed E-state index contributed by atoms with van der Waals surface area (Å²) in [6, 6.07) is 4.25. The summed E-state index contributed by atoms with van der Waals surface area (Å²) in [6.45, 7) is 3.90. The van der Waals surface area contributed by atoms with Crippen molar-refractivity contribution in [1.29, 1.82) is 0 Å². The van der Waals surface area contributed by atoms with Crippen LogP contribution < -0.4 is 15.4 Å². The van der Waals surface area contributed by atoms with Gasteiger partial charge in [-0.25, -0.2) is 4.39 Å². The van der Waals surface area contributed by atoms with Crippen molar-refractivity contribution in [3.05, 3.63) is 29.6 Å². The molecule has 1 aliphatic rings. The molecular weight excluding hydrogens is 247 g/mol. The number of ether oxygens (including phenoxy) is 1. The Morgan fingerprint density at radius 3 is 2.95 bits per heavy atom. The van der Waals surface area contributed by atoms with Gasteiger partial charge in [-0.1, -0.05) is 6.92 Å². The molecule has 1 aromatic rings. The van der Waals surface area contributed by atoms with Gasteiger partial charge >= 0.3 is 0 Å². The topological polar surface area (TPSA) is 50.4 Å². The summed E-state index contributed by atoms with van der Waals surface area (Å²) in [5, 5.41) is 6.23. The Kier molecular flexibility index (Phi) is 4.37. The summed E-state index contributed by atoms with van der Waals surface area (Å²) < 4.78 is 18.2. The number of rotatable bonds is 3. The highest BCUT2D eigenvalue weighted by Gasteiger charge is 2.21. The molecule has 0 spiro atoms. The van der Waals surface area contributed by atoms with Crippen molar-refractivity contribution in [2.24, 2.45) is 5.92 Å². The standard InChI is InChI=1S/C14H19FN2O2/c1-9-5-11(8-16-7-9)17-14(18)10-3-4-12(15)13(6-10)19-2/h3-4,6,9,11,16H,5,7-8H2,1-2H3,(H,17,18). The van der Waals surface area contributed by atoms with Crippen LogP contribution in [0.1, 0.15) is 23.7 Å². The molecule has 0 aliphatic carbocycles. The summed E-state index contributed by atoms with van der Waals surface area (Å²) in [6.07, 6.45) is 0.955. The van der Waals surface area contributed by atoms with Crippen LogP contribution >= 0.6 is 0 Å². The minimum Gasteiger partial charge on any atom is -0.494 e. The molecule has 1 aliphatic heterocycles. The van der Waals surface area contributed by atoms with E-state index in [2.05, 4.69) is 17.6 Å². The van der Waals surface area contributed by atoms with Crippen LogP contribution in [0, 0.1) is 11.7 Å². The number of amides is 1. The maximum Gasteiger partial charge on any atom is 0.251 e. The van der Waals surface area contributed by atoms with Gasteiger partial charge < -0.3 is 15.4 Å². The van der Waals surface area contributed by atoms with E-state index < -0.39 is 5.82 Å². The second-order valence-electron chi connectivity index (χ2n) is 5.02. The molecule has 2 unspecified atom stereocenters. The average Bonchev–Trinajstić information content (AvgIpc) is 2.39. The number of benzene rings is 1. The molecule has 104 valence electrons. The third-order valence-electron chi connectivity index (χ3n) is 3.32. The van der Waals surface area contributed by atoms with E-state index in [1.165, 1.54) is 25.3 Å². The molecule has 5 heteroatoms. The quantitative estimate of drug-likeness (QED) is 0.873. The summed E-state index contributed by atoms with van der Waals surface area (Å²) in [7, 11) is 1.38. The maximum absolute atomic E-state index is 13.3. The third-order valence-corrected chi connectivity index (χ3v) is 3.32. The van der Waals surface area contributed by atoms with Crippen molar-refractivity contribution in [1.82, 2.24) is 10.6 Å². The third kappa shape index (κ3) is 3.44. The van der Waals surface area contributed by atoms with Crippen LogP contribution in [-0.2, 0) is 0 Å². The largest absolute Gasteiger partial charge is 0.494 e. The van der Waals surface area contributed by atoms with Crippen LogP contribution in [0.25, 0.3) is 0 Å². The lowest BCUT2D eigenvalue weighted by molar-refractivity contribution is 0.0925. The molecule has 0 radical (unpaired) electrons. The smallest absolute Gasteiger partial charge is 0.251 e. The zero-order chi connectivity index (χ0) is 13.8. The first-order valence-electron chi connectivity index (χ1n) is 6.45. The molecule has 1 amide bonds. The number of carbonyl (C=O) groups excluding carboxylic acids is 1. The first-order chi connectivity index (χ1) is 9.10. The van der Waals surface area contributed by atoms with E-state index >= 15 is 0 Å². The molecule has 1 saturated heterocycles. The summed E-state index contributed by atoms with van der Waals surface area (Å²) in [5.74, 6) is -0.0317. The Labute approximate surface area is 112 Å². The molecule has 2 N–H and O–H groups in total. The fraction of sp³-hybridized carbons (Fsp3) is 0.500. The molecule has 2 atom stereocenters. The van der Waals surface area contributed by atoms with E-state index in [9.17, 15) is 9.18 Å². The second-order valence-corrected chi connectivity index (χ2v) is 5.02. The predicted molar refractivity (Wildman–Crippen MR) is 70.9 cm³/mol. The monoisotopic (exact) mass is 266 g/mol. The van der Waals surface area contributed by atoms with Crippen molar-refractivity contribution in [3.63, 3.8) is 0 Å². The Balaban J connectivity index is 2.03. The van der Waals surface area contributed by atoms with Gasteiger partial charge in [-0.3, -0.25) is 4.79 Å². The van der Waals surface area contributed by atoms with Crippen molar-refractivity contribution in [2.45, 2.75) is 19.4 Å². The van der Waals surface area contributed by atoms with Gasteiger partial charge in [-0.05, 0) is 37.1 Å². The van der Waals surface area contributed by atoms with Crippen molar-refractivity contribution >= 4 is 5.91 Å². The Morgan fingerprint density at radius 2 is 2.26 bits per heavy atom. The highest BCUT2D eigenvalue weighted by atomic mass is 19.1. The van der Waals surface area contributed by atoms with Gasteiger partial charge in [0.05, 0.1) is 7.11 Å². The lowest BCUT2D eigenvalue weighted by Crippen LogP contribution is -2.48. The zero-order valence-electron chi connectivity index (χ0n) is 11.2. The molecule has 0 bridgehead atoms. The van der Waals surface area contributed by atoms with E-state index in [1.807, 2.05) is 0 Å². The van der Waals surface area contributed by atoms with Gasteiger partial charge in [0.2, 0.25) is 0 Å². The number of piperidine rings is 1. The molecule has 1 heterocycles. The van der Waals surface area contributed by atoms with Gasteiger partial charge in [-0.2, -0.15) is 0 Å². The number of hydrogen-bond acceptors (Lipinski definition) is 3. The fourth-order valence-corrected chi connectivity index (χ4v) is 2.34. The summed E-state index contributed by atoms with van der Waals surface area (Å²) >= 11 is 0. The first kappa shape index (κ1) is 13.8. The molecule has 1 fully saturated rings. The Bertz CT molecular complexity index is 465. The van der Waals surface area contributed by atoms with Gasteiger partial charge in [-0.15, -0.1) is 0 Å². The van der Waals surface area contributed by atoms with Gasteiger partial charge in [0.25, 0.3) is 5.91 Å².